The third kappa shape index (κ3) is 3.03. The fourth-order valence-electron chi connectivity index (χ4n) is 2.48. The summed E-state index contributed by atoms with van der Waals surface area (Å²) in [6.07, 6.45) is 0. The number of anilines is 1. The number of hydrogen-bond acceptors (Lipinski definition) is 3. The molecule has 3 rings (SSSR count). The fraction of sp³-hybridized carbons (Fsp3) is 0.267. The zero-order chi connectivity index (χ0) is 14.8. The molecule has 21 heavy (non-hydrogen) atoms. The predicted molar refractivity (Wildman–Crippen MR) is 88.9 cm³/mol. The second-order valence-electron chi connectivity index (χ2n) is 4.83. The van der Waals surface area contributed by atoms with Gasteiger partial charge in [-0.3, -0.25) is 4.79 Å². The van der Waals surface area contributed by atoms with E-state index in [0.717, 1.165) is 23.7 Å². The Morgan fingerprint density at radius 3 is 2.24 bits per heavy atom. The second-order valence-corrected chi connectivity index (χ2v) is 6.59. The zero-order valence-corrected chi connectivity index (χ0v) is 13.6. The van der Waals surface area contributed by atoms with Crippen LogP contribution in [-0.4, -0.2) is 37.0 Å². The van der Waals surface area contributed by atoms with E-state index in [1.165, 1.54) is 11.3 Å². The molecule has 1 aromatic heterocycles. The van der Waals surface area contributed by atoms with E-state index in [9.17, 15) is 4.79 Å². The summed E-state index contributed by atoms with van der Waals surface area (Å²) in [6, 6.07) is 9.28. The van der Waals surface area contributed by atoms with E-state index in [1.54, 1.807) is 0 Å². The minimum absolute atomic E-state index is 0.106. The number of amides is 1. The van der Waals surface area contributed by atoms with Crippen molar-refractivity contribution in [3.05, 3.63) is 50.6 Å². The summed E-state index contributed by atoms with van der Waals surface area (Å²) in [4.78, 5) is 17.1. The molecule has 0 N–H and O–H groups in total. The van der Waals surface area contributed by atoms with E-state index in [-0.39, 0.29) is 5.91 Å². The van der Waals surface area contributed by atoms with Gasteiger partial charge in [-0.1, -0.05) is 35.3 Å². The number of halogens is 2. The number of nitrogens with zero attached hydrogens (tertiary/aromatic N) is 2. The van der Waals surface area contributed by atoms with Crippen LogP contribution in [0.25, 0.3) is 0 Å². The van der Waals surface area contributed by atoms with Crippen molar-refractivity contribution in [3.63, 3.8) is 0 Å². The quantitative estimate of drug-likeness (QED) is 0.824. The van der Waals surface area contributed by atoms with Crippen LogP contribution in [0.1, 0.15) is 9.67 Å². The van der Waals surface area contributed by atoms with E-state index < -0.39 is 0 Å². The number of piperazine rings is 1. The van der Waals surface area contributed by atoms with Gasteiger partial charge in [0, 0.05) is 26.2 Å². The van der Waals surface area contributed by atoms with Crippen molar-refractivity contribution in [2.24, 2.45) is 0 Å². The zero-order valence-electron chi connectivity index (χ0n) is 11.3. The molecule has 0 radical (unpaired) electrons. The molecule has 0 saturated carbocycles. The van der Waals surface area contributed by atoms with Crippen LogP contribution in [0.4, 0.5) is 5.69 Å². The lowest BCUT2D eigenvalue weighted by atomic mass is 10.2. The van der Waals surface area contributed by atoms with Crippen molar-refractivity contribution >= 4 is 46.1 Å². The Kier molecular flexibility index (Phi) is 4.38. The highest BCUT2D eigenvalue weighted by atomic mass is 35.5. The number of carbonyl (C=O) groups is 1. The molecule has 3 nitrogen and oxygen atoms in total. The Labute approximate surface area is 137 Å². The van der Waals surface area contributed by atoms with Gasteiger partial charge in [-0.15, -0.1) is 11.3 Å². The molecule has 0 unspecified atom stereocenters. The summed E-state index contributed by atoms with van der Waals surface area (Å²) in [5.41, 5.74) is 0.865. The maximum atomic E-state index is 12.3. The minimum atomic E-state index is 0.106. The van der Waals surface area contributed by atoms with Crippen LogP contribution in [0, 0.1) is 0 Å². The Balaban J connectivity index is 1.69. The van der Waals surface area contributed by atoms with Gasteiger partial charge < -0.3 is 9.80 Å². The summed E-state index contributed by atoms with van der Waals surface area (Å²) >= 11 is 14.0. The lowest BCUT2D eigenvalue weighted by molar-refractivity contribution is 0.0751. The van der Waals surface area contributed by atoms with Gasteiger partial charge >= 0.3 is 0 Å². The van der Waals surface area contributed by atoms with Crippen LogP contribution in [0.15, 0.2) is 35.7 Å². The van der Waals surface area contributed by atoms with E-state index in [0.29, 0.717) is 23.1 Å². The molecule has 1 amide bonds. The molecule has 1 fully saturated rings. The van der Waals surface area contributed by atoms with Gasteiger partial charge in [0.2, 0.25) is 0 Å². The Morgan fingerprint density at radius 2 is 1.67 bits per heavy atom. The van der Waals surface area contributed by atoms with Crippen LogP contribution < -0.4 is 4.90 Å². The first-order valence-electron chi connectivity index (χ1n) is 6.68. The van der Waals surface area contributed by atoms with Gasteiger partial charge in [-0.25, -0.2) is 0 Å². The molecule has 1 aliphatic heterocycles. The van der Waals surface area contributed by atoms with Crippen LogP contribution in [-0.2, 0) is 0 Å². The van der Waals surface area contributed by atoms with Crippen LogP contribution in [0.2, 0.25) is 10.0 Å². The Bertz CT molecular complexity index is 617. The molecule has 0 aliphatic carbocycles. The lowest BCUT2D eigenvalue weighted by Gasteiger charge is -2.36. The van der Waals surface area contributed by atoms with Crippen molar-refractivity contribution in [2.45, 2.75) is 0 Å². The molecule has 0 bridgehead atoms. The molecule has 1 aliphatic rings. The third-order valence-corrected chi connectivity index (χ3v) is 5.02. The molecule has 1 saturated heterocycles. The average molecular weight is 341 g/mol. The van der Waals surface area contributed by atoms with Gasteiger partial charge in [0.25, 0.3) is 5.91 Å². The molecule has 2 aromatic rings. The SMILES string of the molecule is O=C(c1cccs1)N1CCN(c2c(Cl)cccc2Cl)CC1. The lowest BCUT2D eigenvalue weighted by Crippen LogP contribution is -2.48. The van der Waals surface area contributed by atoms with Gasteiger partial charge in [0.15, 0.2) is 0 Å². The van der Waals surface area contributed by atoms with Crippen molar-refractivity contribution in [2.75, 3.05) is 31.1 Å². The average Bonchev–Trinajstić information content (AvgIpc) is 3.01. The van der Waals surface area contributed by atoms with E-state index in [2.05, 4.69) is 4.90 Å². The number of carbonyl (C=O) groups excluding carboxylic acids is 1. The topological polar surface area (TPSA) is 23.6 Å². The van der Waals surface area contributed by atoms with Crippen molar-refractivity contribution < 1.29 is 4.79 Å². The summed E-state index contributed by atoms with van der Waals surface area (Å²) in [5, 5.41) is 3.23. The van der Waals surface area contributed by atoms with Crippen LogP contribution in [0.3, 0.4) is 0 Å². The number of hydrogen-bond donors (Lipinski definition) is 0. The summed E-state index contributed by atoms with van der Waals surface area (Å²) in [7, 11) is 0. The smallest absolute Gasteiger partial charge is 0.264 e. The van der Waals surface area contributed by atoms with E-state index >= 15 is 0 Å². The van der Waals surface area contributed by atoms with Crippen molar-refractivity contribution in [1.29, 1.82) is 0 Å². The minimum Gasteiger partial charge on any atom is -0.366 e. The molecule has 0 atom stereocenters. The van der Waals surface area contributed by atoms with Gasteiger partial charge in [-0.05, 0) is 23.6 Å². The fourth-order valence-corrected chi connectivity index (χ4v) is 3.81. The normalized spacial score (nSPS) is 15.3. The largest absolute Gasteiger partial charge is 0.366 e. The molecule has 2 heterocycles. The summed E-state index contributed by atoms with van der Waals surface area (Å²) in [6.45, 7) is 2.83. The second kappa shape index (κ2) is 6.26. The predicted octanol–water partition coefficient (Wildman–Crippen LogP) is 4.02. The Morgan fingerprint density at radius 1 is 1.00 bits per heavy atom. The monoisotopic (exact) mass is 340 g/mol. The number of thiophene rings is 1. The first-order chi connectivity index (χ1) is 10.2. The molecular formula is C15H14Cl2N2OS. The highest BCUT2D eigenvalue weighted by molar-refractivity contribution is 7.12. The Hall–Kier alpha value is -1.23. The number of rotatable bonds is 2. The summed E-state index contributed by atoms with van der Waals surface area (Å²) in [5.74, 6) is 0.106. The number of para-hydroxylation sites is 1. The van der Waals surface area contributed by atoms with Crippen LogP contribution >= 0.6 is 34.5 Å². The van der Waals surface area contributed by atoms with Gasteiger partial charge in [0.1, 0.15) is 0 Å². The van der Waals surface area contributed by atoms with Crippen LogP contribution in [0.5, 0.6) is 0 Å². The standard InChI is InChI=1S/C15H14Cl2N2OS/c16-11-3-1-4-12(17)14(11)18-6-8-19(9-7-18)15(20)13-5-2-10-21-13/h1-5,10H,6-9H2. The molecular weight excluding hydrogens is 327 g/mol. The highest BCUT2D eigenvalue weighted by Crippen LogP contribution is 2.34. The highest BCUT2D eigenvalue weighted by Gasteiger charge is 2.24. The molecule has 110 valence electrons. The molecule has 6 heteroatoms. The summed E-state index contributed by atoms with van der Waals surface area (Å²) < 4.78 is 0. The third-order valence-electron chi connectivity index (χ3n) is 3.55. The first kappa shape index (κ1) is 14.7. The first-order valence-corrected chi connectivity index (χ1v) is 8.32. The van der Waals surface area contributed by atoms with E-state index in [4.69, 9.17) is 23.2 Å². The number of benzene rings is 1. The maximum Gasteiger partial charge on any atom is 0.264 e. The maximum absolute atomic E-state index is 12.3. The van der Waals surface area contributed by atoms with Crippen molar-refractivity contribution in [3.8, 4) is 0 Å². The van der Waals surface area contributed by atoms with E-state index in [1.807, 2.05) is 40.6 Å². The molecule has 1 aromatic carbocycles. The van der Waals surface area contributed by atoms with Crippen molar-refractivity contribution in [1.82, 2.24) is 4.90 Å². The van der Waals surface area contributed by atoms with Gasteiger partial charge in [-0.2, -0.15) is 0 Å². The molecule has 0 spiro atoms. The van der Waals surface area contributed by atoms with Gasteiger partial charge in [0.05, 0.1) is 20.6 Å².